The van der Waals surface area contributed by atoms with E-state index in [9.17, 15) is 10.1 Å². The third kappa shape index (κ3) is 2.83. The Balaban J connectivity index is 1.83. The molecule has 1 saturated heterocycles. The highest BCUT2D eigenvalue weighted by molar-refractivity contribution is 5.51. The van der Waals surface area contributed by atoms with Crippen molar-refractivity contribution >= 4 is 0 Å². The summed E-state index contributed by atoms with van der Waals surface area (Å²) in [5.41, 5.74) is 0.418. The molecule has 1 aromatic rings. The molecule has 0 radical (unpaired) electrons. The van der Waals surface area contributed by atoms with Crippen LogP contribution in [0.2, 0.25) is 0 Å². The van der Waals surface area contributed by atoms with Gasteiger partial charge in [-0.25, -0.2) is 0 Å². The molecule has 0 spiro atoms. The number of nitro groups is 1. The van der Waals surface area contributed by atoms with Crippen molar-refractivity contribution in [3.8, 4) is 11.5 Å². The highest BCUT2D eigenvalue weighted by atomic mass is 16.6. The molecule has 2 fully saturated rings. The van der Waals surface area contributed by atoms with Crippen molar-refractivity contribution in [3.05, 3.63) is 33.9 Å². The van der Waals surface area contributed by atoms with E-state index in [4.69, 9.17) is 14.2 Å². The van der Waals surface area contributed by atoms with Crippen molar-refractivity contribution < 1.29 is 19.1 Å². The summed E-state index contributed by atoms with van der Waals surface area (Å²) in [4.78, 5) is 13.7. The summed E-state index contributed by atoms with van der Waals surface area (Å²) in [5.74, 6) is 1.30. The molecular weight excluding hydrogens is 336 g/mol. The molecule has 142 valence electrons. The average molecular weight is 362 g/mol. The number of ether oxygens (including phenoxy) is 3. The van der Waals surface area contributed by atoms with Gasteiger partial charge in [-0.2, -0.15) is 0 Å². The molecule has 0 N–H and O–H groups in total. The topological polar surface area (TPSA) is 74.1 Å². The largest absolute Gasteiger partial charge is 0.493 e. The molecule has 3 atom stereocenters. The Morgan fingerprint density at radius 1 is 1.35 bits per heavy atom. The van der Waals surface area contributed by atoms with Gasteiger partial charge in [0.15, 0.2) is 17.2 Å². The minimum Gasteiger partial charge on any atom is -0.493 e. The lowest BCUT2D eigenvalue weighted by Crippen LogP contribution is -2.65. The molecule has 4 rings (SSSR count). The Kier molecular flexibility index (Phi) is 4.75. The monoisotopic (exact) mass is 362 g/mol. The van der Waals surface area contributed by atoms with Gasteiger partial charge in [-0.1, -0.05) is 18.6 Å². The highest BCUT2D eigenvalue weighted by Gasteiger charge is 2.56. The summed E-state index contributed by atoms with van der Waals surface area (Å²) in [6.45, 7) is 2.88. The molecule has 7 heteroatoms. The third-order valence-electron chi connectivity index (χ3n) is 6.16. The van der Waals surface area contributed by atoms with Crippen molar-refractivity contribution in [2.24, 2.45) is 5.92 Å². The first-order valence-electron chi connectivity index (χ1n) is 9.46. The number of hydrogen-bond donors (Lipinski definition) is 0. The fourth-order valence-corrected chi connectivity index (χ4v) is 5.07. The SMILES string of the molecule is COc1cccc2c1O[C@]1(N3CCOCC3)CCCC[C@@H]1[C@@H]2C[N+](=O)[O-]. The van der Waals surface area contributed by atoms with Crippen molar-refractivity contribution in [1.82, 2.24) is 4.90 Å². The molecule has 2 heterocycles. The van der Waals surface area contributed by atoms with Gasteiger partial charge in [-0.15, -0.1) is 0 Å². The van der Waals surface area contributed by atoms with Crippen molar-refractivity contribution in [2.75, 3.05) is 40.0 Å². The van der Waals surface area contributed by atoms with Gasteiger partial charge >= 0.3 is 0 Å². The van der Waals surface area contributed by atoms with Crippen LogP contribution in [-0.2, 0) is 4.74 Å². The van der Waals surface area contributed by atoms with Gasteiger partial charge in [0.25, 0.3) is 0 Å². The Morgan fingerprint density at radius 3 is 2.88 bits per heavy atom. The van der Waals surface area contributed by atoms with Crippen LogP contribution in [0.25, 0.3) is 0 Å². The maximum atomic E-state index is 11.5. The molecule has 0 bridgehead atoms. The number of morpholine rings is 1. The van der Waals surface area contributed by atoms with Crippen LogP contribution in [0.1, 0.15) is 37.2 Å². The Bertz CT molecular complexity index is 676. The second-order valence-corrected chi connectivity index (χ2v) is 7.40. The van der Waals surface area contributed by atoms with Crippen molar-refractivity contribution in [3.63, 3.8) is 0 Å². The van der Waals surface area contributed by atoms with Gasteiger partial charge in [0.1, 0.15) is 0 Å². The Morgan fingerprint density at radius 2 is 2.15 bits per heavy atom. The smallest absolute Gasteiger partial charge is 0.211 e. The summed E-state index contributed by atoms with van der Waals surface area (Å²) in [5, 5.41) is 11.5. The van der Waals surface area contributed by atoms with E-state index in [0.29, 0.717) is 24.7 Å². The minimum absolute atomic E-state index is 0.0692. The molecule has 7 nitrogen and oxygen atoms in total. The van der Waals surface area contributed by atoms with E-state index in [-0.39, 0.29) is 23.3 Å². The van der Waals surface area contributed by atoms with Crippen LogP contribution in [0.5, 0.6) is 11.5 Å². The zero-order valence-corrected chi connectivity index (χ0v) is 15.2. The number of nitrogens with zero attached hydrogens (tertiary/aromatic N) is 2. The van der Waals surface area contributed by atoms with Crippen molar-refractivity contribution in [2.45, 2.75) is 37.3 Å². The van der Waals surface area contributed by atoms with Crippen LogP contribution in [0.4, 0.5) is 0 Å². The lowest BCUT2D eigenvalue weighted by Gasteiger charge is -2.56. The fourth-order valence-electron chi connectivity index (χ4n) is 5.07. The van der Waals surface area contributed by atoms with Gasteiger partial charge in [-0.05, 0) is 18.9 Å². The van der Waals surface area contributed by atoms with E-state index in [1.54, 1.807) is 7.11 Å². The number of fused-ring (bicyclic) bond motifs is 2. The number of benzene rings is 1. The maximum absolute atomic E-state index is 11.5. The number of hydrogen-bond acceptors (Lipinski definition) is 6. The summed E-state index contributed by atoms with van der Waals surface area (Å²) < 4.78 is 17.8. The normalized spacial score (nSPS) is 31.4. The molecule has 1 aliphatic carbocycles. The van der Waals surface area contributed by atoms with Gasteiger partial charge < -0.3 is 14.2 Å². The molecule has 3 aliphatic rings. The molecule has 0 unspecified atom stereocenters. The van der Waals surface area contributed by atoms with Crippen LogP contribution >= 0.6 is 0 Å². The highest BCUT2D eigenvalue weighted by Crippen LogP contribution is 2.55. The average Bonchev–Trinajstić information content (AvgIpc) is 2.67. The summed E-state index contributed by atoms with van der Waals surface area (Å²) >= 11 is 0. The van der Waals surface area contributed by atoms with Crippen LogP contribution in [0.15, 0.2) is 18.2 Å². The quantitative estimate of drug-likeness (QED) is 0.606. The lowest BCUT2D eigenvalue weighted by molar-refractivity contribution is -0.487. The zero-order valence-electron chi connectivity index (χ0n) is 15.2. The standard InChI is InChI=1S/C19H26N2O5/c1-24-17-7-4-5-14-15(13-21(22)23)16-6-2-3-8-19(16,26-18(14)17)20-9-11-25-12-10-20/h4-5,7,15-16H,2-3,6,8-13H2,1H3/t15-,16-,19-/m1/s1. The third-order valence-corrected chi connectivity index (χ3v) is 6.16. The van der Waals surface area contributed by atoms with E-state index in [0.717, 1.165) is 44.3 Å². The van der Waals surface area contributed by atoms with Gasteiger partial charge in [0, 0.05) is 35.9 Å². The van der Waals surface area contributed by atoms with E-state index in [1.165, 1.54) is 0 Å². The Hall–Kier alpha value is -1.86. The first-order valence-corrected chi connectivity index (χ1v) is 9.46. The molecule has 0 amide bonds. The fraction of sp³-hybridized carbons (Fsp3) is 0.684. The molecule has 1 saturated carbocycles. The zero-order chi connectivity index (χ0) is 18.1. The first kappa shape index (κ1) is 17.5. The Labute approximate surface area is 153 Å². The van der Waals surface area contributed by atoms with Crippen LogP contribution in [-0.4, -0.2) is 55.5 Å². The molecule has 26 heavy (non-hydrogen) atoms. The van der Waals surface area contributed by atoms with Gasteiger partial charge in [0.2, 0.25) is 6.54 Å². The summed E-state index contributed by atoms with van der Waals surface area (Å²) in [6, 6.07) is 5.74. The number of methoxy groups -OCH3 is 1. The van der Waals surface area contributed by atoms with Crippen LogP contribution < -0.4 is 9.47 Å². The minimum atomic E-state index is -0.496. The van der Waals surface area contributed by atoms with E-state index in [2.05, 4.69) is 4.90 Å². The predicted octanol–water partition coefficient (Wildman–Crippen LogP) is 2.67. The predicted molar refractivity (Wildman–Crippen MR) is 95.3 cm³/mol. The molecule has 2 aliphatic heterocycles. The molecular formula is C19H26N2O5. The van der Waals surface area contributed by atoms with Crippen LogP contribution in [0, 0.1) is 16.0 Å². The van der Waals surface area contributed by atoms with E-state index < -0.39 is 5.72 Å². The lowest BCUT2D eigenvalue weighted by atomic mass is 9.68. The second kappa shape index (κ2) is 7.04. The first-order chi connectivity index (χ1) is 12.7. The van der Waals surface area contributed by atoms with Gasteiger partial charge in [-0.3, -0.25) is 15.0 Å². The van der Waals surface area contributed by atoms with E-state index >= 15 is 0 Å². The summed E-state index contributed by atoms with van der Waals surface area (Å²) in [6.07, 6.45) is 4.01. The number of para-hydroxylation sites is 1. The molecule has 0 aromatic heterocycles. The second-order valence-electron chi connectivity index (χ2n) is 7.40. The van der Waals surface area contributed by atoms with Gasteiger partial charge in [0.05, 0.1) is 26.2 Å². The maximum Gasteiger partial charge on any atom is 0.211 e. The molecule has 1 aromatic carbocycles. The summed E-state index contributed by atoms with van der Waals surface area (Å²) in [7, 11) is 1.62. The van der Waals surface area contributed by atoms with E-state index in [1.807, 2.05) is 18.2 Å². The van der Waals surface area contributed by atoms with Crippen LogP contribution in [0.3, 0.4) is 0 Å². The van der Waals surface area contributed by atoms with Crippen molar-refractivity contribution in [1.29, 1.82) is 0 Å². The number of rotatable bonds is 4.